The fourth-order valence-corrected chi connectivity index (χ4v) is 3.68. The van der Waals surface area contributed by atoms with E-state index >= 15 is 0 Å². The summed E-state index contributed by atoms with van der Waals surface area (Å²) in [5.74, 6) is 0. The van der Waals surface area contributed by atoms with Crippen LogP contribution in [0.5, 0.6) is 0 Å². The lowest BCUT2D eigenvalue weighted by Crippen LogP contribution is -2.43. The number of amides is 1. The molecule has 1 saturated heterocycles. The van der Waals surface area contributed by atoms with Crippen LogP contribution in [0.25, 0.3) is 11.1 Å². The zero-order valence-electron chi connectivity index (χ0n) is 13.7. The Labute approximate surface area is 140 Å². The van der Waals surface area contributed by atoms with Gasteiger partial charge in [0, 0.05) is 18.3 Å². The lowest BCUT2D eigenvalue weighted by atomic mass is 10.1. The van der Waals surface area contributed by atoms with Gasteiger partial charge in [0.25, 0.3) is 5.22 Å². The van der Waals surface area contributed by atoms with Gasteiger partial charge >= 0.3 is 6.09 Å². The molecule has 0 N–H and O–H groups in total. The van der Waals surface area contributed by atoms with Crippen LogP contribution in [0.4, 0.5) is 4.79 Å². The number of hydrogen-bond donors (Lipinski definition) is 0. The average Bonchev–Trinajstić information content (AvgIpc) is 2.88. The molecular weight excluding hydrogens is 312 g/mol. The second-order valence-corrected chi connectivity index (χ2v) is 8.01. The monoisotopic (exact) mass is 334 g/mol. The van der Waals surface area contributed by atoms with E-state index in [2.05, 4.69) is 4.98 Å². The molecule has 1 atom stereocenters. The average molecular weight is 334 g/mol. The fraction of sp³-hybridized carbons (Fsp3) is 0.529. The van der Waals surface area contributed by atoms with Crippen LogP contribution < -0.4 is 0 Å². The first-order valence-corrected chi connectivity index (χ1v) is 8.79. The van der Waals surface area contributed by atoms with Crippen molar-refractivity contribution in [2.75, 3.05) is 13.1 Å². The highest BCUT2D eigenvalue weighted by Gasteiger charge is 2.29. The Balaban J connectivity index is 1.63. The van der Waals surface area contributed by atoms with Gasteiger partial charge in [-0.3, -0.25) is 0 Å². The molecule has 0 unspecified atom stereocenters. The molecule has 0 saturated carbocycles. The highest BCUT2D eigenvalue weighted by atomic mass is 32.2. The Morgan fingerprint density at radius 1 is 1.39 bits per heavy atom. The highest BCUT2D eigenvalue weighted by Crippen LogP contribution is 2.31. The molecule has 1 aliphatic heterocycles. The van der Waals surface area contributed by atoms with Gasteiger partial charge in [0.1, 0.15) is 11.1 Å². The zero-order chi connectivity index (χ0) is 16.4. The number of para-hydroxylation sites is 2. The van der Waals surface area contributed by atoms with Crippen molar-refractivity contribution in [1.82, 2.24) is 9.88 Å². The van der Waals surface area contributed by atoms with E-state index in [1.165, 1.54) is 0 Å². The molecule has 1 amide bonds. The molecule has 1 aromatic heterocycles. The molecule has 1 aliphatic rings. The van der Waals surface area contributed by atoms with E-state index in [1.54, 1.807) is 16.7 Å². The van der Waals surface area contributed by atoms with Crippen LogP contribution in [0.3, 0.4) is 0 Å². The van der Waals surface area contributed by atoms with Crippen LogP contribution in [0, 0.1) is 0 Å². The minimum atomic E-state index is -0.461. The summed E-state index contributed by atoms with van der Waals surface area (Å²) >= 11 is 1.60. The topological polar surface area (TPSA) is 55.6 Å². The number of aromatic nitrogens is 1. The van der Waals surface area contributed by atoms with Gasteiger partial charge in [-0.25, -0.2) is 9.78 Å². The first-order valence-electron chi connectivity index (χ1n) is 7.91. The second-order valence-electron chi connectivity index (χ2n) is 6.76. The van der Waals surface area contributed by atoms with Gasteiger partial charge < -0.3 is 14.1 Å². The first-order chi connectivity index (χ1) is 10.9. The molecule has 3 rings (SSSR count). The van der Waals surface area contributed by atoms with Gasteiger partial charge in [0.15, 0.2) is 5.58 Å². The molecule has 5 nitrogen and oxygen atoms in total. The summed E-state index contributed by atoms with van der Waals surface area (Å²) < 4.78 is 11.2. The van der Waals surface area contributed by atoms with E-state index in [0.717, 1.165) is 30.5 Å². The Bertz CT molecular complexity index is 659. The van der Waals surface area contributed by atoms with Gasteiger partial charge in [-0.05, 0) is 45.7 Å². The summed E-state index contributed by atoms with van der Waals surface area (Å²) in [6, 6.07) is 7.74. The number of likely N-dealkylation sites (tertiary alicyclic amines) is 1. The van der Waals surface area contributed by atoms with Gasteiger partial charge in [0.05, 0.1) is 0 Å². The number of carbonyl (C=O) groups is 1. The van der Waals surface area contributed by atoms with Crippen LogP contribution in [0.1, 0.15) is 33.6 Å². The summed E-state index contributed by atoms with van der Waals surface area (Å²) in [4.78, 5) is 18.5. The van der Waals surface area contributed by atoms with E-state index in [9.17, 15) is 4.79 Å². The van der Waals surface area contributed by atoms with Crippen LogP contribution in [-0.4, -0.2) is 39.9 Å². The van der Waals surface area contributed by atoms with Gasteiger partial charge in [0.2, 0.25) is 0 Å². The lowest BCUT2D eigenvalue weighted by molar-refractivity contribution is 0.0220. The van der Waals surface area contributed by atoms with Gasteiger partial charge in [-0.1, -0.05) is 23.9 Å². The van der Waals surface area contributed by atoms with Crippen molar-refractivity contribution in [2.24, 2.45) is 0 Å². The third-order valence-corrected chi connectivity index (χ3v) is 4.67. The SMILES string of the molecule is CC(C)(C)OC(=O)N1CCC[C@H](Sc2nc3ccccc3o2)C1. The van der Waals surface area contributed by atoms with Crippen LogP contribution >= 0.6 is 11.8 Å². The Hall–Kier alpha value is -1.69. The van der Waals surface area contributed by atoms with E-state index in [1.807, 2.05) is 45.0 Å². The largest absolute Gasteiger partial charge is 0.444 e. The Kier molecular flexibility index (Phi) is 4.53. The van der Waals surface area contributed by atoms with Crippen molar-refractivity contribution in [3.8, 4) is 0 Å². The van der Waals surface area contributed by atoms with Crippen molar-refractivity contribution < 1.29 is 13.9 Å². The smallest absolute Gasteiger partial charge is 0.410 e. The third kappa shape index (κ3) is 4.19. The standard InChI is InChI=1S/C17H22N2O3S/c1-17(2,3)22-16(20)19-10-6-7-12(11-19)23-15-18-13-8-4-5-9-14(13)21-15/h4-5,8-9,12H,6-7,10-11H2,1-3H3/t12-/m0/s1. The number of nitrogens with zero attached hydrogens (tertiary/aromatic N) is 2. The number of piperidine rings is 1. The number of thioether (sulfide) groups is 1. The van der Waals surface area contributed by atoms with Gasteiger partial charge in [-0.15, -0.1) is 0 Å². The number of carbonyl (C=O) groups excluding carboxylic acids is 1. The Morgan fingerprint density at radius 3 is 2.91 bits per heavy atom. The number of benzene rings is 1. The van der Waals surface area contributed by atoms with Crippen molar-refractivity contribution in [3.63, 3.8) is 0 Å². The minimum absolute atomic E-state index is 0.236. The number of oxazole rings is 1. The normalized spacial score (nSPS) is 19.1. The van der Waals surface area contributed by atoms with Gasteiger partial charge in [-0.2, -0.15) is 0 Å². The van der Waals surface area contributed by atoms with Crippen LogP contribution in [0.2, 0.25) is 0 Å². The molecule has 2 aromatic rings. The lowest BCUT2D eigenvalue weighted by Gasteiger charge is -2.33. The fourth-order valence-electron chi connectivity index (χ4n) is 2.57. The first kappa shape index (κ1) is 16.2. The van der Waals surface area contributed by atoms with Crippen LogP contribution in [0.15, 0.2) is 33.9 Å². The molecule has 1 aromatic carbocycles. The van der Waals surface area contributed by atoms with E-state index < -0.39 is 5.60 Å². The molecule has 23 heavy (non-hydrogen) atoms. The molecular formula is C17H22N2O3S. The highest BCUT2D eigenvalue weighted by molar-refractivity contribution is 7.99. The molecule has 124 valence electrons. The van der Waals surface area contributed by atoms with Crippen molar-refractivity contribution in [3.05, 3.63) is 24.3 Å². The second kappa shape index (κ2) is 6.43. The predicted molar refractivity (Wildman–Crippen MR) is 90.7 cm³/mol. The molecule has 2 heterocycles. The Morgan fingerprint density at radius 2 is 2.17 bits per heavy atom. The third-order valence-electron chi connectivity index (χ3n) is 3.57. The van der Waals surface area contributed by atoms with Crippen molar-refractivity contribution in [2.45, 2.75) is 49.7 Å². The maximum atomic E-state index is 12.2. The number of hydrogen-bond acceptors (Lipinski definition) is 5. The number of rotatable bonds is 2. The molecule has 0 aliphatic carbocycles. The number of fused-ring (bicyclic) bond motifs is 1. The number of ether oxygens (including phenoxy) is 1. The maximum Gasteiger partial charge on any atom is 0.410 e. The maximum absolute atomic E-state index is 12.2. The van der Waals surface area contributed by atoms with E-state index in [-0.39, 0.29) is 11.3 Å². The zero-order valence-corrected chi connectivity index (χ0v) is 14.6. The molecule has 0 spiro atoms. The molecule has 6 heteroatoms. The minimum Gasteiger partial charge on any atom is -0.444 e. The summed E-state index contributed by atoms with van der Waals surface area (Å²) in [5.41, 5.74) is 1.21. The quantitative estimate of drug-likeness (QED) is 0.818. The molecule has 1 fully saturated rings. The summed E-state index contributed by atoms with van der Waals surface area (Å²) in [7, 11) is 0. The van der Waals surface area contributed by atoms with E-state index in [0.29, 0.717) is 11.8 Å². The van der Waals surface area contributed by atoms with Crippen molar-refractivity contribution in [1.29, 1.82) is 0 Å². The summed E-state index contributed by atoms with van der Waals surface area (Å²) in [5, 5.41) is 0.951. The predicted octanol–water partition coefficient (Wildman–Crippen LogP) is 4.32. The molecule has 0 bridgehead atoms. The van der Waals surface area contributed by atoms with Crippen molar-refractivity contribution >= 4 is 29.0 Å². The molecule has 0 radical (unpaired) electrons. The summed E-state index contributed by atoms with van der Waals surface area (Å²) in [6.45, 7) is 7.08. The van der Waals surface area contributed by atoms with Crippen LogP contribution in [-0.2, 0) is 4.74 Å². The summed E-state index contributed by atoms with van der Waals surface area (Å²) in [6.07, 6.45) is 1.78. The van der Waals surface area contributed by atoms with E-state index in [4.69, 9.17) is 9.15 Å².